The van der Waals surface area contributed by atoms with Crippen molar-refractivity contribution >= 4 is 51.4 Å². The summed E-state index contributed by atoms with van der Waals surface area (Å²) < 4.78 is 5.46. The van der Waals surface area contributed by atoms with E-state index in [1.807, 2.05) is 18.3 Å². The Balaban J connectivity index is 1.42. The molecule has 1 atom stereocenters. The van der Waals surface area contributed by atoms with E-state index in [1.54, 1.807) is 23.5 Å². The summed E-state index contributed by atoms with van der Waals surface area (Å²) >= 11 is 7.70. The van der Waals surface area contributed by atoms with Crippen LogP contribution in [0.15, 0.2) is 53.5 Å². The van der Waals surface area contributed by atoms with E-state index in [0.717, 1.165) is 67.4 Å². The highest BCUT2D eigenvalue weighted by molar-refractivity contribution is 7.16. The summed E-state index contributed by atoms with van der Waals surface area (Å²) in [6, 6.07) is 15.7. The van der Waals surface area contributed by atoms with E-state index in [-0.39, 0.29) is 11.3 Å². The number of hydrogen-bond donors (Lipinski definition) is 1. The largest absolute Gasteiger partial charge is 0.378 e. The molecule has 0 radical (unpaired) electrons. The fourth-order valence-electron chi connectivity index (χ4n) is 5.09. The summed E-state index contributed by atoms with van der Waals surface area (Å²) in [6.07, 6.45) is 4.86. The number of amides is 1. The first-order valence-corrected chi connectivity index (χ1v) is 14.2. The first kappa shape index (κ1) is 26.0. The zero-order valence-electron chi connectivity index (χ0n) is 21.7. The molecule has 1 aliphatic heterocycles. The number of carbonyl (C=O) groups is 1. The molecule has 2 heterocycles. The van der Waals surface area contributed by atoms with Gasteiger partial charge in [0.15, 0.2) is 0 Å². The fraction of sp³-hybridized carbons (Fsp3) is 0.400. The molecule has 5 nitrogen and oxygen atoms in total. The first-order chi connectivity index (χ1) is 17.8. The van der Waals surface area contributed by atoms with Crippen LogP contribution in [-0.4, -0.2) is 38.4 Å². The van der Waals surface area contributed by atoms with E-state index in [4.69, 9.17) is 21.3 Å². The highest BCUT2D eigenvalue weighted by Gasteiger charge is 2.33. The van der Waals surface area contributed by atoms with Crippen molar-refractivity contribution in [1.82, 2.24) is 0 Å². The second-order valence-electron chi connectivity index (χ2n) is 10.9. The molecule has 3 aromatic rings. The summed E-state index contributed by atoms with van der Waals surface area (Å²) in [5.74, 6) is 0.485. The molecule has 1 aliphatic carbocycles. The van der Waals surface area contributed by atoms with Gasteiger partial charge in [0.2, 0.25) is 0 Å². The van der Waals surface area contributed by atoms with Gasteiger partial charge in [0, 0.05) is 40.6 Å². The number of fused-ring (bicyclic) bond motifs is 1. The number of rotatable bonds is 5. The molecule has 5 rings (SSSR count). The van der Waals surface area contributed by atoms with E-state index in [1.165, 1.54) is 10.6 Å². The average molecular weight is 536 g/mol. The second kappa shape index (κ2) is 11.0. The number of halogens is 1. The number of aliphatic imine (C=N–C) groups is 1. The predicted molar refractivity (Wildman–Crippen MR) is 155 cm³/mol. The standard InChI is InChI=1S/C30H34ClN3O2S/c1-30(2,3)21-6-13-25-26(18-21)37-29(27(25)28(35)33-23-9-7-22(31)8-10-23)32-19-20-4-11-24(12-5-20)34-14-16-36-17-15-34/h4-5,7-12,19,21H,6,13-18H2,1-3H3,(H,33,35)/t21-/m1/s1. The van der Waals surface area contributed by atoms with Crippen LogP contribution in [0.4, 0.5) is 16.4 Å². The molecule has 2 aliphatic rings. The summed E-state index contributed by atoms with van der Waals surface area (Å²) in [5.41, 5.74) is 5.05. The Morgan fingerprint density at radius 2 is 1.81 bits per heavy atom. The lowest BCUT2D eigenvalue weighted by Crippen LogP contribution is -2.36. The summed E-state index contributed by atoms with van der Waals surface area (Å²) in [4.78, 5) is 22.0. The Hall–Kier alpha value is -2.67. The highest BCUT2D eigenvalue weighted by atomic mass is 35.5. The lowest BCUT2D eigenvalue weighted by Gasteiger charge is -2.33. The zero-order valence-corrected chi connectivity index (χ0v) is 23.3. The molecule has 1 saturated heterocycles. The Morgan fingerprint density at radius 3 is 2.49 bits per heavy atom. The highest BCUT2D eigenvalue weighted by Crippen LogP contribution is 2.45. The molecular formula is C30H34ClN3O2S. The van der Waals surface area contributed by atoms with Gasteiger partial charge in [0.1, 0.15) is 5.00 Å². The summed E-state index contributed by atoms with van der Waals surface area (Å²) in [6.45, 7) is 10.3. The third-order valence-electron chi connectivity index (χ3n) is 7.40. The molecular weight excluding hydrogens is 502 g/mol. The third kappa shape index (κ3) is 6.08. The molecule has 0 bridgehead atoms. The van der Waals surface area contributed by atoms with Crippen LogP contribution in [0.2, 0.25) is 5.02 Å². The topological polar surface area (TPSA) is 53.9 Å². The maximum atomic E-state index is 13.5. The van der Waals surface area contributed by atoms with Gasteiger partial charge in [-0.1, -0.05) is 44.5 Å². The Labute approximate surface area is 228 Å². The summed E-state index contributed by atoms with van der Waals surface area (Å²) in [7, 11) is 0. The number of nitrogens with zero attached hydrogens (tertiary/aromatic N) is 2. The Morgan fingerprint density at radius 1 is 1.11 bits per heavy atom. The molecule has 194 valence electrons. The van der Waals surface area contributed by atoms with Crippen molar-refractivity contribution in [3.05, 3.63) is 75.1 Å². The van der Waals surface area contributed by atoms with Crippen LogP contribution < -0.4 is 10.2 Å². The van der Waals surface area contributed by atoms with Crippen molar-refractivity contribution < 1.29 is 9.53 Å². The van der Waals surface area contributed by atoms with Crippen molar-refractivity contribution in [2.75, 3.05) is 36.5 Å². The third-order valence-corrected chi connectivity index (χ3v) is 8.82. The lowest BCUT2D eigenvalue weighted by atomic mass is 9.72. The molecule has 1 N–H and O–H groups in total. The van der Waals surface area contributed by atoms with Crippen LogP contribution >= 0.6 is 22.9 Å². The van der Waals surface area contributed by atoms with Gasteiger partial charge in [-0.05, 0) is 78.1 Å². The van der Waals surface area contributed by atoms with Crippen molar-refractivity contribution in [1.29, 1.82) is 0 Å². The van der Waals surface area contributed by atoms with Crippen LogP contribution in [0.5, 0.6) is 0 Å². The minimum atomic E-state index is -0.108. The number of anilines is 2. The normalized spacial score (nSPS) is 18.2. The van der Waals surface area contributed by atoms with Crippen LogP contribution in [0.3, 0.4) is 0 Å². The molecule has 0 saturated carbocycles. The van der Waals surface area contributed by atoms with Crippen LogP contribution in [0.1, 0.15) is 53.6 Å². The molecule has 7 heteroatoms. The van der Waals surface area contributed by atoms with E-state index in [2.05, 4.69) is 55.3 Å². The monoisotopic (exact) mass is 535 g/mol. The van der Waals surface area contributed by atoms with Crippen molar-refractivity contribution in [2.45, 2.75) is 40.0 Å². The van der Waals surface area contributed by atoms with E-state index < -0.39 is 0 Å². The van der Waals surface area contributed by atoms with Gasteiger partial charge >= 0.3 is 0 Å². The number of thiophene rings is 1. The minimum Gasteiger partial charge on any atom is -0.378 e. The average Bonchev–Trinajstić information content (AvgIpc) is 3.27. The number of nitrogens with one attached hydrogen (secondary N) is 1. The van der Waals surface area contributed by atoms with Gasteiger partial charge in [-0.2, -0.15) is 0 Å². The van der Waals surface area contributed by atoms with Gasteiger partial charge < -0.3 is 15.0 Å². The minimum absolute atomic E-state index is 0.108. The van der Waals surface area contributed by atoms with E-state index >= 15 is 0 Å². The first-order valence-electron chi connectivity index (χ1n) is 13.0. The van der Waals surface area contributed by atoms with E-state index in [0.29, 0.717) is 16.5 Å². The molecule has 2 aromatic carbocycles. The molecule has 0 unspecified atom stereocenters. The molecule has 37 heavy (non-hydrogen) atoms. The smallest absolute Gasteiger partial charge is 0.259 e. The van der Waals surface area contributed by atoms with Gasteiger partial charge in [-0.3, -0.25) is 4.79 Å². The van der Waals surface area contributed by atoms with Crippen molar-refractivity contribution in [3.63, 3.8) is 0 Å². The molecule has 1 aromatic heterocycles. The quantitative estimate of drug-likeness (QED) is 0.346. The van der Waals surface area contributed by atoms with Crippen molar-refractivity contribution in [2.24, 2.45) is 16.3 Å². The molecule has 1 fully saturated rings. The van der Waals surface area contributed by atoms with Gasteiger partial charge in [0.25, 0.3) is 5.91 Å². The SMILES string of the molecule is CC(C)(C)[C@@H]1CCc2c(sc(N=Cc3ccc(N4CCOCC4)cc3)c2C(=O)Nc2ccc(Cl)cc2)C1. The fourth-order valence-corrected chi connectivity index (χ4v) is 6.48. The van der Waals surface area contributed by atoms with Crippen LogP contribution in [-0.2, 0) is 17.6 Å². The zero-order chi connectivity index (χ0) is 26.0. The van der Waals surface area contributed by atoms with E-state index in [9.17, 15) is 4.79 Å². The summed E-state index contributed by atoms with van der Waals surface area (Å²) in [5, 5.41) is 4.49. The number of morpholine rings is 1. The molecule has 1 amide bonds. The maximum absolute atomic E-state index is 13.5. The maximum Gasteiger partial charge on any atom is 0.259 e. The van der Waals surface area contributed by atoms with Crippen molar-refractivity contribution in [3.8, 4) is 0 Å². The number of hydrogen-bond acceptors (Lipinski definition) is 5. The van der Waals surface area contributed by atoms with Gasteiger partial charge in [-0.25, -0.2) is 4.99 Å². The second-order valence-corrected chi connectivity index (χ2v) is 12.4. The number of benzene rings is 2. The number of carbonyl (C=O) groups excluding carboxylic acids is 1. The van der Waals surface area contributed by atoms with Crippen LogP contribution in [0, 0.1) is 11.3 Å². The number of ether oxygens (including phenoxy) is 1. The van der Waals surface area contributed by atoms with Crippen LogP contribution in [0.25, 0.3) is 0 Å². The van der Waals surface area contributed by atoms with Gasteiger partial charge in [-0.15, -0.1) is 11.3 Å². The predicted octanol–water partition coefficient (Wildman–Crippen LogP) is 7.39. The Bertz CT molecular complexity index is 1270. The lowest BCUT2D eigenvalue weighted by molar-refractivity contribution is 0.102. The Kier molecular flexibility index (Phi) is 7.70. The molecule has 0 spiro atoms. The van der Waals surface area contributed by atoms with Gasteiger partial charge in [0.05, 0.1) is 18.8 Å².